The summed E-state index contributed by atoms with van der Waals surface area (Å²) in [6.45, 7) is 4.47. The van der Waals surface area contributed by atoms with E-state index in [-0.39, 0.29) is 11.7 Å². The van der Waals surface area contributed by atoms with Gasteiger partial charge >= 0.3 is 0 Å². The Hall–Kier alpha value is -2.61. The van der Waals surface area contributed by atoms with Crippen molar-refractivity contribution >= 4 is 5.82 Å². The maximum absolute atomic E-state index is 8.94. The van der Waals surface area contributed by atoms with Crippen molar-refractivity contribution in [2.75, 3.05) is 11.9 Å². The van der Waals surface area contributed by atoms with E-state index in [0.717, 1.165) is 5.75 Å². The van der Waals surface area contributed by atoms with Gasteiger partial charge in [-0.2, -0.15) is 5.26 Å². The molecular weight excluding hydrogens is 252 g/mol. The molecule has 0 saturated carbocycles. The van der Waals surface area contributed by atoms with Crippen LogP contribution >= 0.6 is 0 Å². The van der Waals surface area contributed by atoms with Crippen LogP contribution < -0.4 is 10.1 Å². The largest absolute Gasteiger partial charge is 0.491 e. The van der Waals surface area contributed by atoms with Crippen LogP contribution in [0.1, 0.15) is 18.2 Å². The van der Waals surface area contributed by atoms with E-state index in [1.165, 1.54) is 11.8 Å². The fraction of sp³-hybridized carbons (Fsp3) is 0.267. The van der Waals surface area contributed by atoms with Gasteiger partial charge in [0.25, 0.3) is 0 Å². The lowest BCUT2D eigenvalue weighted by molar-refractivity contribution is 0.303. The predicted molar refractivity (Wildman–Crippen MR) is 76.5 cm³/mol. The molecule has 2 aromatic rings. The third-order valence-corrected chi connectivity index (χ3v) is 2.71. The summed E-state index contributed by atoms with van der Waals surface area (Å²) < 4.78 is 5.67. The van der Waals surface area contributed by atoms with Crippen molar-refractivity contribution < 1.29 is 4.74 Å². The highest BCUT2D eigenvalue weighted by Gasteiger charge is 2.08. The Bertz CT molecular complexity index is 604. The quantitative estimate of drug-likeness (QED) is 0.902. The summed E-state index contributed by atoms with van der Waals surface area (Å²) in [5.74, 6) is 1.30. The van der Waals surface area contributed by atoms with Crippen molar-refractivity contribution in [2.24, 2.45) is 0 Å². The number of ether oxygens (including phenoxy) is 1. The summed E-state index contributed by atoms with van der Waals surface area (Å²) in [6, 6.07) is 9.90. The van der Waals surface area contributed by atoms with E-state index in [2.05, 4.69) is 15.3 Å². The average Bonchev–Trinajstić information content (AvgIpc) is 2.47. The molecule has 0 aliphatic heterocycles. The maximum Gasteiger partial charge on any atom is 0.182 e. The molecule has 20 heavy (non-hydrogen) atoms. The first-order valence-electron chi connectivity index (χ1n) is 6.36. The smallest absolute Gasteiger partial charge is 0.182 e. The topological polar surface area (TPSA) is 70.8 Å². The summed E-state index contributed by atoms with van der Waals surface area (Å²) in [5.41, 5.74) is 1.48. The monoisotopic (exact) mass is 268 g/mol. The molecule has 0 aliphatic carbocycles. The Morgan fingerprint density at radius 3 is 2.65 bits per heavy atom. The number of nitriles is 1. The van der Waals surface area contributed by atoms with Gasteiger partial charge in [-0.15, -0.1) is 0 Å². The molecule has 2 rings (SSSR count). The molecule has 0 radical (unpaired) electrons. The molecule has 0 bridgehead atoms. The van der Waals surface area contributed by atoms with E-state index in [1.807, 2.05) is 44.2 Å². The van der Waals surface area contributed by atoms with E-state index < -0.39 is 0 Å². The van der Waals surface area contributed by atoms with Crippen molar-refractivity contribution in [2.45, 2.75) is 19.9 Å². The lowest BCUT2D eigenvalue weighted by atomic mass is 10.2. The van der Waals surface area contributed by atoms with Crippen LogP contribution in [-0.4, -0.2) is 22.6 Å². The van der Waals surface area contributed by atoms with Gasteiger partial charge in [0.15, 0.2) is 11.5 Å². The Kier molecular flexibility index (Phi) is 4.51. The van der Waals surface area contributed by atoms with E-state index in [0.29, 0.717) is 12.4 Å². The average molecular weight is 268 g/mol. The van der Waals surface area contributed by atoms with E-state index in [9.17, 15) is 0 Å². The summed E-state index contributed by atoms with van der Waals surface area (Å²) in [6.07, 6.45) is 3.05. The molecule has 5 heteroatoms. The van der Waals surface area contributed by atoms with Gasteiger partial charge < -0.3 is 10.1 Å². The van der Waals surface area contributed by atoms with Crippen LogP contribution in [0, 0.1) is 18.3 Å². The molecule has 5 nitrogen and oxygen atoms in total. The first-order valence-corrected chi connectivity index (χ1v) is 6.36. The molecule has 1 heterocycles. The Morgan fingerprint density at radius 2 is 1.95 bits per heavy atom. The van der Waals surface area contributed by atoms with Crippen LogP contribution in [0.2, 0.25) is 0 Å². The molecule has 1 atom stereocenters. The van der Waals surface area contributed by atoms with Crippen molar-refractivity contribution in [3.8, 4) is 11.8 Å². The fourth-order valence-corrected chi connectivity index (χ4v) is 1.66. The molecule has 0 amide bonds. The maximum atomic E-state index is 8.94. The SMILES string of the molecule is Cc1ccc(OCC(C)Nc2nccnc2C#N)cc1. The summed E-state index contributed by atoms with van der Waals surface area (Å²) in [5, 5.41) is 12.1. The molecule has 1 aromatic heterocycles. The number of nitrogens with zero attached hydrogens (tertiary/aromatic N) is 3. The number of aromatic nitrogens is 2. The Balaban J connectivity index is 1.91. The standard InChI is InChI=1S/C15H16N4O/c1-11-3-5-13(6-4-11)20-10-12(2)19-15-14(9-16)17-7-8-18-15/h3-8,12H,10H2,1-2H3,(H,18,19). The van der Waals surface area contributed by atoms with Gasteiger partial charge in [0, 0.05) is 12.4 Å². The fourth-order valence-electron chi connectivity index (χ4n) is 1.66. The summed E-state index contributed by atoms with van der Waals surface area (Å²) >= 11 is 0. The molecule has 1 N–H and O–H groups in total. The molecule has 1 aromatic carbocycles. The van der Waals surface area contributed by atoms with Crippen LogP contribution in [0.5, 0.6) is 5.75 Å². The minimum absolute atomic E-state index is 0.0140. The number of hydrogen-bond acceptors (Lipinski definition) is 5. The van der Waals surface area contributed by atoms with Gasteiger partial charge in [-0.3, -0.25) is 0 Å². The van der Waals surface area contributed by atoms with Gasteiger partial charge in [0.05, 0.1) is 6.04 Å². The van der Waals surface area contributed by atoms with E-state index in [4.69, 9.17) is 10.00 Å². The summed E-state index contributed by atoms with van der Waals surface area (Å²) in [4.78, 5) is 8.06. The highest BCUT2D eigenvalue weighted by atomic mass is 16.5. The molecule has 0 spiro atoms. The first-order chi connectivity index (χ1) is 9.69. The minimum atomic E-state index is 0.0140. The third kappa shape index (κ3) is 3.69. The molecule has 1 unspecified atom stereocenters. The van der Waals surface area contributed by atoms with Gasteiger partial charge in [0.2, 0.25) is 0 Å². The van der Waals surface area contributed by atoms with Crippen molar-refractivity contribution in [3.63, 3.8) is 0 Å². The number of rotatable bonds is 5. The van der Waals surface area contributed by atoms with Gasteiger partial charge in [-0.25, -0.2) is 9.97 Å². The van der Waals surface area contributed by atoms with E-state index in [1.54, 1.807) is 6.20 Å². The van der Waals surface area contributed by atoms with Crippen molar-refractivity contribution in [1.82, 2.24) is 9.97 Å². The highest BCUT2D eigenvalue weighted by molar-refractivity contribution is 5.47. The second kappa shape index (κ2) is 6.53. The molecule has 0 aliphatic rings. The van der Waals surface area contributed by atoms with Gasteiger partial charge in [-0.05, 0) is 26.0 Å². The van der Waals surface area contributed by atoms with Gasteiger partial charge in [-0.1, -0.05) is 17.7 Å². The van der Waals surface area contributed by atoms with Gasteiger partial charge in [0.1, 0.15) is 18.4 Å². The number of aryl methyl sites for hydroxylation is 1. The zero-order chi connectivity index (χ0) is 14.4. The zero-order valence-corrected chi connectivity index (χ0v) is 11.5. The van der Waals surface area contributed by atoms with E-state index >= 15 is 0 Å². The Morgan fingerprint density at radius 1 is 1.25 bits per heavy atom. The predicted octanol–water partition coefficient (Wildman–Crippen LogP) is 2.54. The minimum Gasteiger partial charge on any atom is -0.491 e. The van der Waals surface area contributed by atoms with Crippen LogP contribution in [-0.2, 0) is 0 Å². The van der Waals surface area contributed by atoms with Crippen LogP contribution in [0.25, 0.3) is 0 Å². The summed E-state index contributed by atoms with van der Waals surface area (Å²) in [7, 11) is 0. The third-order valence-electron chi connectivity index (χ3n) is 2.71. The zero-order valence-electron chi connectivity index (χ0n) is 11.5. The molecule has 0 fully saturated rings. The lowest BCUT2D eigenvalue weighted by Crippen LogP contribution is -2.24. The number of nitrogens with one attached hydrogen (secondary N) is 1. The normalized spacial score (nSPS) is 11.4. The highest BCUT2D eigenvalue weighted by Crippen LogP contribution is 2.13. The number of hydrogen-bond donors (Lipinski definition) is 1. The number of benzene rings is 1. The van der Waals surface area contributed by atoms with Crippen molar-refractivity contribution in [1.29, 1.82) is 5.26 Å². The lowest BCUT2D eigenvalue weighted by Gasteiger charge is -2.15. The van der Waals surface area contributed by atoms with Crippen molar-refractivity contribution in [3.05, 3.63) is 47.9 Å². The second-order valence-electron chi connectivity index (χ2n) is 4.53. The van der Waals surface area contributed by atoms with Crippen LogP contribution in [0.4, 0.5) is 5.82 Å². The van der Waals surface area contributed by atoms with Crippen LogP contribution in [0.15, 0.2) is 36.7 Å². The molecule has 0 saturated heterocycles. The van der Waals surface area contributed by atoms with Crippen LogP contribution in [0.3, 0.4) is 0 Å². The second-order valence-corrected chi connectivity index (χ2v) is 4.53. The Labute approximate surface area is 118 Å². The molecule has 102 valence electrons. The molecular formula is C15H16N4O. The first kappa shape index (κ1) is 13.8. The number of anilines is 1.